The van der Waals surface area contributed by atoms with E-state index in [0.717, 1.165) is 6.42 Å². The van der Waals surface area contributed by atoms with E-state index in [9.17, 15) is 0 Å². The Balaban J connectivity index is 3.75. The minimum atomic E-state index is 0.639. The van der Waals surface area contributed by atoms with Crippen molar-refractivity contribution in [3.8, 4) is 0 Å². The highest BCUT2D eigenvalue weighted by atomic mass is 14.1. The zero-order valence-corrected chi connectivity index (χ0v) is 8.98. The summed E-state index contributed by atoms with van der Waals surface area (Å²) < 4.78 is 0. The first-order chi connectivity index (χ1) is 5.61. The normalized spacial score (nSPS) is 12.2. The van der Waals surface area contributed by atoms with E-state index in [-0.39, 0.29) is 0 Å². The van der Waals surface area contributed by atoms with Gasteiger partial charge in [0.25, 0.3) is 0 Å². The van der Waals surface area contributed by atoms with E-state index >= 15 is 0 Å². The largest absolute Gasteiger partial charge is 0.0996 e. The molecule has 0 aromatic carbocycles. The third-order valence-corrected chi connectivity index (χ3v) is 2.45. The molecule has 0 spiro atoms. The molecule has 0 aliphatic carbocycles. The van der Waals surface area contributed by atoms with Gasteiger partial charge in [0.1, 0.15) is 0 Å². The van der Waals surface area contributed by atoms with Crippen molar-refractivity contribution in [3.05, 3.63) is 23.8 Å². The van der Waals surface area contributed by atoms with Crippen LogP contribution in [0.15, 0.2) is 23.8 Å². The summed E-state index contributed by atoms with van der Waals surface area (Å²) in [4.78, 5) is 0. The van der Waals surface area contributed by atoms with Gasteiger partial charge in [-0.1, -0.05) is 44.6 Å². The molecule has 0 aliphatic rings. The van der Waals surface area contributed by atoms with Gasteiger partial charge in [0, 0.05) is 0 Å². The molecule has 0 rings (SSSR count). The maximum atomic E-state index is 4.07. The summed E-state index contributed by atoms with van der Waals surface area (Å²) in [6.07, 6.45) is 5.77. The van der Waals surface area contributed by atoms with Crippen LogP contribution in [0.4, 0.5) is 0 Å². The quantitative estimate of drug-likeness (QED) is 0.533. The molecule has 0 bridgehead atoms. The van der Waals surface area contributed by atoms with Crippen molar-refractivity contribution >= 4 is 0 Å². The highest BCUT2D eigenvalue weighted by Gasteiger charge is 2.00. The zero-order valence-electron chi connectivity index (χ0n) is 8.98. The molecule has 70 valence electrons. The van der Waals surface area contributed by atoms with Gasteiger partial charge in [0.2, 0.25) is 0 Å². The molecule has 0 N–H and O–H groups in total. The lowest BCUT2D eigenvalue weighted by Gasteiger charge is -2.09. The third-order valence-electron chi connectivity index (χ3n) is 2.45. The monoisotopic (exact) mass is 166 g/mol. The van der Waals surface area contributed by atoms with Crippen LogP contribution in [0.5, 0.6) is 0 Å². The fraction of sp³-hybridized carbons (Fsp3) is 0.667. The Bertz CT molecular complexity index is 161. The van der Waals surface area contributed by atoms with Crippen LogP contribution in [0.2, 0.25) is 0 Å². The molecule has 0 aromatic heterocycles. The Hall–Kier alpha value is -0.520. The lowest BCUT2D eigenvalue weighted by atomic mass is 9.97. The van der Waals surface area contributed by atoms with Crippen LogP contribution in [0.25, 0.3) is 0 Å². The van der Waals surface area contributed by atoms with Crippen molar-refractivity contribution in [2.45, 2.75) is 47.0 Å². The summed E-state index contributed by atoms with van der Waals surface area (Å²) in [5.74, 6) is 0.639. The molecule has 0 fully saturated rings. The predicted octanol–water partition coefficient (Wildman–Crippen LogP) is 4.34. The smallest absolute Gasteiger partial charge is 0.0263 e. The standard InChI is InChI=1S/C12H22/c1-6-12(7-2)9-8-11(5)10(3)4/h6,10H,5,7-9H2,1-4H3/b12-6-. The zero-order chi connectivity index (χ0) is 9.56. The topological polar surface area (TPSA) is 0 Å². The molecule has 0 unspecified atom stereocenters. The first-order valence-electron chi connectivity index (χ1n) is 4.93. The maximum Gasteiger partial charge on any atom is -0.0263 e. The van der Waals surface area contributed by atoms with Gasteiger partial charge in [0.15, 0.2) is 0 Å². The fourth-order valence-electron chi connectivity index (χ4n) is 1.14. The van der Waals surface area contributed by atoms with Crippen LogP contribution in [0, 0.1) is 5.92 Å². The number of hydrogen-bond acceptors (Lipinski definition) is 0. The van der Waals surface area contributed by atoms with Crippen LogP contribution in [0.3, 0.4) is 0 Å². The third kappa shape index (κ3) is 4.38. The van der Waals surface area contributed by atoms with Crippen LogP contribution >= 0.6 is 0 Å². The molecule has 0 atom stereocenters. The van der Waals surface area contributed by atoms with Crippen molar-refractivity contribution in [1.29, 1.82) is 0 Å². The maximum absolute atomic E-state index is 4.07. The molecule has 0 amide bonds. The molecule has 0 heteroatoms. The van der Waals surface area contributed by atoms with Crippen molar-refractivity contribution in [3.63, 3.8) is 0 Å². The summed E-state index contributed by atoms with van der Waals surface area (Å²) in [5.41, 5.74) is 2.93. The molecular weight excluding hydrogens is 144 g/mol. The fourth-order valence-corrected chi connectivity index (χ4v) is 1.14. The molecule has 12 heavy (non-hydrogen) atoms. The van der Waals surface area contributed by atoms with Gasteiger partial charge in [-0.2, -0.15) is 0 Å². The molecule has 0 aromatic rings. The second-order valence-electron chi connectivity index (χ2n) is 3.61. The van der Waals surface area contributed by atoms with E-state index in [0.29, 0.717) is 5.92 Å². The average molecular weight is 166 g/mol. The summed E-state index contributed by atoms with van der Waals surface area (Å²) in [5, 5.41) is 0. The highest BCUT2D eigenvalue weighted by Crippen LogP contribution is 2.18. The summed E-state index contributed by atoms with van der Waals surface area (Å²) >= 11 is 0. The van der Waals surface area contributed by atoms with E-state index in [4.69, 9.17) is 0 Å². The van der Waals surface area contributed by atoms with Crippen LogP contribution in [0.1, 0.15) is 47.0 Å². The first kappa shape index (κ1) is 11.5. The number of rotatable bonds is 5. The van der Waals surface area contributed by atoms with Crippen LogP contribution in [-0.2, 0) is 0 Å². The van der Waals surface area contributed by atoms with E-state index in [2.05, 4.69) is 40.3 Å². The molecule has 0 aliphatic heterocycles. The second kappa shape index (κ2) is 6.05. The van der Waals surface area contributed by atoms with Crippen molar-refractivity contribution < 1.29 is 0 Å². The Morgan fingerprint density at radius 2 is 1.92 bits per heavy atom. The lowest BCUT2D eigenvalue weighted by Crippen LogP contribution is -1.93. The minimum absolute atomic E-state index is 0.639. The second-order valence-corrected chi connectivity index (χ2v) is 3.61. The number of allylic oxidation sites excluding steroid dienone is 3. The summed E-state index contributed by atoms with van der Waals surface area (Å²) in [7, 11) is 0. The lowest BCUT2D eigenvalue weighted by molar-refractivity contribution is 0.705. The number of hydrogen-bond donors (Lipinski definition) is 0. The SMILES string of the molecule is C=C(CC/C(=C\C)CC)C(C)C. The molecule has 0 nitrogen and oxygen atoms in total. The molecule has 0 heterocycles. The van der Waals surface area contributed by atoms with Crippen molar-refractivity contribution in [2.75, 3.05) is 0 Å². The Morgan fingerprint density at radius 3 is 2.25 bits per heavy atom. The van der Waals surface area contributed by atoms with Gasteiger partial charge in [-0.25, -0.2) is 0 Å². The van der Waals surface area contributed by atoms with Gasteiger partial charge >= 0.3 is 0 Å². The molecule has 0 saturated heterocycles. The minimum Gasteiger partial charge on any atom is -0.0996 e. The average Bonchev–Trinajstić information content (AvgIpc) is 2.05. The van der Waals surface area contributed by atoms with Crippen molar-refractivity contribution in [2.24, 2.45) is 5.92 Å². The van der Waals surface area contributed by atoms with Crippen LogP contribution in [-0.4, -0.2) is 0 Å². The van der Waals surface area contributed by atoms with Gasteiger partial charge in [-0.3, -0.25) is 0 Å². The van der Waals surface area contributed by atoms with E-state index in [1.54, 1.807) is 5.57 Å². The van der Waals surface area contributed by atoms with Crippen LogP contribution < -0.4 is 0 Å². The van der Waals surface area contributed by atoms with Gasteiger partial charge in [-0.05, 0) is 32.1 Å². The molecule has 0 radical (unpaired) electrons. The predicted molar refractivity (Wildman–Crippen MR) is 57.3 cm³/mol. The molecular formula is C12H22. The van der Waals surface area contributed by atoms with Gasteiger partial charge in [0.05, 0.1) is 0 Å². The highest BCUT2D eigenvalue weighted by molar-refractivity contribution is 5.05. The first-order valence-corrected chi connectivity index (χ1v) is 4.93. The van der Waals surface area contributed by atoms with Gasteiger partial charge in [-0.15, -0.1) is 0 Å². The van der Waals surface area contributed by atoms with E-state index < -0.39 is 0 Å². The Kier molecular flexibility index (Phi) is 5.79. The Labute approximate surface area is 77.4 Å². The van der Waals surface area contributed by atoms with E-state index in [1.165, 1.54) is 18.4 Å². The Morgan fingerprint density at radius 1 is 1.33 bits per heavy atom. The summed E-state index contributed by atoms with van der Waals surface area (Å²) in [6.45, 7) is 12.8. The van der Waals surface area contributed by atoms with E-state index in [1.807, 2.05) is 0 Å². The van der Waals surface area contributed by atoms with Gasteiger partial charge < -0.3 is 0 Å². The van der Waals surface area contributed by atoms with Crippen molar-refractivity contribution in [1.82, 2.24) is 0 Å². The molecule has 0 saturated carbocycles. The summed E-state index contributed by atoms with van der Waals surface area (Å²) in [6, 6.07) is 0.